The van der Waals surface area contributed by atoms with Gasteiger partial charge in [-0.3, -0.25) is 4.79 Å². The van der Waals surface area contributed by atoms with E-state index in [0.717, 1.165) is 16.5 Å². The van der Waals surface area contributed by atoms with Crippen molar-refractivity contribution in [2.45, 2.75) is 50.7 Å². The number of nitrogens with one attached hydrogen (secondary N) is 2. The van der Waals surface area contributed by atoms with E-state index in [2.05, 4.69) is 26.6 Å². The van der Waals surface area contributed by atoms with Crippen LogP contribution in [0.2, 0.25) is 0 Å². The summed E-state index contributed by atoms with van der Waals surface area (Å²) in [6, 6.07) is 4.32. The van der Waals surface area contributed by atoms with Crippen LogP contribution in [0.15, 0.2) is 16.6 Å². The summed E-state index contributed by atoms with van der Waals surface area (Å²) in [4.78, 5) is 12.5. The summed E-state index contributed by atoms with van der Waals surface area (Å²) in [7, 11) is 3.21. The monoisotopic (exact) mass is 432 g/mol. The van der Waals surface area contributed by atoms with Crippen molar-refractivity contribution in [3.63, 3.8) is 0 Å². The Bertz CT molecular complexity index is 600. The van der Waals surface area contributed by atoms with Gasteiger partial charge in [-0.2, -0.15) is 0 Å². The molecule has 0 radical (unpaired) electrons. The molecule has 1 aliphatic heterocycles. The van der Waals surface area contributed by atoms with Crippen molar-refractivity contribution in [3.05, 3.63) is 22.2 Å². The molecule has 2 aliphatic rings. The normalized spacial score (nSPS) is 24.8. The summed E-state index contributed by atoms with van der Waals surface area (Å²) in [5.74, 6) is 2.08. The first-order valence-electron chi connectivity index (χ1n) is 8.56. The van der Waals surface area contributed by atoms with Crippen LogP contribution in [0.3, 0.4) is 0 Å². The first-order chi connectivity index (χ1) is 11.6. The highest BCUT2D eigenvalue weighted by molar-refractivity contribution is 9.10. The van der Waals surface area contributed by atoms with Gasteiger partial charge in [-0.15, -0.1) is 12.4 Å². The zero-order valence-corrected chi connectivity index (χ0v) is 17.0. The van der Waals surface area contributed by atoms with E-state index in [1.807, 2.05) is 12.1 Å². The quantitative estimate of drug-likeness (QED) is 0.747. The second kappa shape index (κ2) is 9.10. The third-order valence-electron chi connectivity index (χ3n) is 5.14. The number of rotatable bonds is 5. The number of carbonyl (C=O) groups excluding carboxylic acids is 1. The minimum atomic E-state index is -0.0540. The highest BCUT2D eigenvalue weighted by Gasteiger charge is 2.38. The minimum Gasteiger partial charge on any atom is -0.493 e. The van der Waals surface area contributed by atoms with E-state index >= 15 is 0 Å². The number of benzene rings is 1. The van der Waals surface area contributed by atoms with Gasteiger partial charge in [-0.1, -0.05) is 12.8 Å². The standard InChI is InChI=1S/C18H25BrN2O3.ClH/c1-23-16-8-11(7-13(19)17(16)24-2)10-20-18(22)15-9-12-5-3-4-6-14(12)21-15;/h7-8,12,14-15,21H,3-6,9-10H2,1-2H3,(H,20,22);1H. The van der Waals surface area contributed by atoms with Crippen molar-refractivity contribution in [3.8, 4) is 11.5 Å². The molecule has 7 heteroatoms. The number of fused-ring (bicyclic) bond motifs is 1. The first-order valence-corrected chi connectivity index (χ1v) is 9.36. The number of amides is 1. The Labute approximate surface area is 163 Å². The van der Waals surface area contributed by atoms with Crippen LogP contribution in [0, 0.1) is 5.92 Å². The Balaban J connectivity index is 0.00000225. The lowest BCUT2D eigenvalue weighted by Gasteiger charge is -2.24. The number of hydrogen-bond donors (Lipinski definition) is 2. The van der Waals surface area contributed by atoms with Crippen molar-refractivity contribution < 1.29 is 14.3 Å². The molecular formula is C18H26BrClN2O3. The molecule has 3 unspecified atom stereocenters. The van der Waals surface area contributed by atoms with E-state index in [1.165, 1.54) is 25.7 Å². The largest absolute Gasteiger partial charge is 0.493 e. The highest BCUT2D eigenvalue weighted by atomic mass is 79.9. The van der Waals surface area contributed by atoms with Gasteiger partial charge < -0.3 is 20.1 Å². The summed E-state index contributed by atoms with van der Waals surface area (Å²) in [6.07, 6.45) is 6.01. The van der Waals surface area contributed by atoms with Gasteiger partial charge in [0.2, 0.25) is 5.91 Å². The molecule has 2 N–H and O–H groups in total. The molecule has 0 bridgehead atoms. The smallest absolute Gasteiger partial charge is 0.237 e. The van der Waals surface area contributed by atoms with Gasteiger partial charge in [-0.25, -0.2) is 0 Å². The topological polar surface area (TPSA) is 59.6 Å². The predicted molar refractivity (Wildman–Crippen MR) is 104 cm³/mol. The van der Waals surface area contributed by atoms with Crippen molar-refractivity contribution >= 4 is 34.2 Å². The lowest BCUT2D eigenvalue weighted by molar-refractivity contribution is -0.123. The molecule has 5 nitrogen and oxygen atoms in total. The van der Waals surface area contributed by atoms with Gasteiger partial charge >= 0.3 is 0 Å². The zero-order valence-electron chi connectivity index (χ0n) is 14.6. The van der Waals surface area contributed by atoms with Gasteiger partial charge in [0.05, 0.1) is 24.7 Å². The second-order valence-electron chi connectivity index (χ2n) is 6.64. The fraction of sp³-hybridized carbons (Fsp3) is 0.611. The minimum absolute atomic E-state index is 0. The fourth-order valence-corrected chi connectivity index (χ4v) is 4.56. The Kier molecular flexibility index (Phi) is 7.40. The van der Waals surface area contributed by atoms with Gasteiger partial charge in [0.15, 0.2) is 11.5 Å². The molecule has 140 valence electrons. The molecule has 1 aromatic rings. The molecule has 1 amide bonds. The van der Waals surface area contributed by atoms with Gasteiger partial charge in [0, 0.05) is 12.6 Å². The SMILES string of the molecule is COc1cc(CNC(=O)C2CC3CCCCC3N2)cc(Br)c1OC.Cl. The molecule has 0 spiro atoms. The lowest BCUT2D eigenvalue weighted by Crippen LogP contribution is -2.42. The van der Waals surface area contributed by atoms with Crippen LogP contribution in [0.5, 0.6) is 11.5 Å². The number of halogens is 2. The summed E-state index contributed by atoms with van der Waals surface area (Å²) in [5.41, 5.74) is 0.975. The molecule has 3 rings (SSSR count). The van der Waals surface area contributed by atoms with E-state index in [-0.39, 0.29) is 24.4 Å². The maximum atomic E-state index is 12.5. The van der Waals surface area contributed by atoms with Crippen molar-refractivity contribution in [2.24, 2.45) is 5.92 Å². The Morgan fingerprint density at radius 3 is 2.72 bits per heavy atom. The maximum Gasteiger partial charge on any atom is 0.237 e. The summed E-state index contributed by atoms with van der Waals surface area (Å²) in [5, 5.41) is 6.56. The molecule has 1 aromatic carbocycles. The van der Waals surface area contributed by atoms with E-state index < -0.39 is 0 Å². The van der Waals surface area contributed by atoms with Gasteiger partial charge in [-0.05, 0) is 58.8 Å². The summed E-state index contributed by atoms with van der Waals surface area (Å²) < 4.78 is 11.5. The predicted octanol–water partition coefficient (Wildman–Crippen LogP) is 3.43. The van der Waals surface area contributed by atoms with E-state index in [0.29, 0.717) is 30.0 Å². The van der Waals surface area contributed by atoms with Crippen LogP contribution in [-0.4, -0.2) is 32.2 Å². The molecule has 1 heterocycles. The number of carbonyl (C=O) groups is 1. The molecule has 1 aliphatic carbocycles. The highest BCUT2D eigenvalue weighted by Crippen LogP contribution is 2.36. The van der Waals surface area contributed by atoms with Crippen LogP contribution in [-0.2, 0) is 11.3 Å². The third-order valence-corrected chi connectivity index (χ3v) is 5.73. The Hall–Kier alpha value is -0.980. The van der Waals surface area contributed by atoms with Crippen molar-refractivity contribution in [2.75, 3.05) is 14.2 Å². The third kappa shape index (κ3) is 4.60. The van der Waals surface area contributed by atoms with Crippen LogP contribution in [0.1, 0.15) is 37.7 Å². The summed E-state index contributed by atoms with van der Waals surface area (Å²) >= 11 is 3.48. The van der Waals surface area contributed by atoms with Gasteiger partial charge in [0.25, 0.3) is 0 Å². The Morgan fingerprint density at radius 2 is 2.04 bits per heavy atom. The van der Waals surface area contributed by atoms with Crippen LogP contribution in [0.25, 0.3) is 0 Å². The summed E-state index contributed by atoms with van der Waals surface area (Å²) in [6.45, 7) is 0.477. The van der Waals surface area contributed by atoms with Crippen LogP contribution < -0.4 is 20.1 Å². The molecule has 1 saturated heterocycles. The number of hydrogen-bond acceptors (Lipinski definition) is 4. The second-order valence-corrected chi connectivity index (χ2v) is 7.49. The molecule has 0 aromatic heterocycles. The molecule has 1 saturated carbocycles. The average Bonchev–Trinajstić information content (AvgIpc) is 3.03. The maximum absolute atomic E-state index is 12.5. The van der Waals surface area contributed by atoms with E-state index in [9.17, 15) is 4.79 Å². The van der Waals surface area contributed by atoms with Gasteiger partial charge in [0.1, 0.15) is 0 Å². The van der Waals surface area contributed by atoms with E-state index in [1.54, 1.807) is 14.2 Å². The zero-order chi connectivity index (χ0) is 17.1. The lowest BCUT2D eigenvalue weighted by atomic mass is 9.85. The number of methoxy groups -OCH3 is 2. The molecular weight excluding hydrogens is 408 g/mol. The average molecular weight is 434 g/mol. The molecule has 3 atom stereocenters. The van der Waals surface area contributed by atoms with E-state index in [4.69, 9.17) is 9.47 Å². The van der Waals surface area contributed by atoms with Crippen molar-refractivity contribution in [1.29, 1.82) is 0 Å². The Morgan fingerprint density at radius 1 is 1.28 bits per heavy atom. The molecule has 25 heavy (non-hydrogen) atoms. The van der Waals surface area contributed by atoms with Crippen molar-refractivity contribution in [1.82, 2.24) is 10.6 Å². The fourth-order valence-electron chi connectivity index (χ4n) is 3.91. The number of ether oxygens (including phenoxy) is 2. The first kappa shape index (κ1) is 20.3. The molecule has 2 fully saturated rings. The van der Waals surface area contributed by atoms with Crippen LogP contribution >= 0.6 is 28.3 Å². The van der Waals surface area contributed by atoms with Crippen LogP contribution in [0.4, 0.5) is 0 Å².